The number of hydrogen-bond donors (Lipinski definition) is 1. The molecule has 0 aromatic heterocycles. The van der Waals surface area contributed by atoms with Crippen molar-refractivity contribution in [2.75, 3.05) is 5.88 Å². The summed E-state index contributed by atoms with van der Waals surface area (Å²) in [5, 5.41) is 2.54. The molecule has 1 aromatic carbocycles. The van der Waals surface area contributed by atoms with Crippen LogP contribution in [0.4, 0.5) is 0 Å². The molecule has 0 spiro atoms. The van der Waals surface area contributed by atoms with Crippen molar-refractivity contribution in [2.45, 2.75) is 0 Å². The van der Waals surface area contributed by atoms with Crippen LogP contribution in [0.25, 0.3) is 0 Å². The number of amides is 1. The minimum atomic E-state index is -0.111. The van der Waals surface area contributed by atoms with Crippen LogP contribution in [0.15, 0.2) is 30.3 Å². The molecule has 4 heteroatoms. The molecular formula is C8H8KNOS. The van der Waals surface area contributed by atoms with E-state index < -0.39 is 0 Å². The molecule has 0 heterocycles. The van der Waals surface area contributed by atoms with Gasteiger partial charge in [0, 0.05) is 5.56 Å². The largest absolute Gasteiger partial charge is 1.00 e. The van der Waals surface area contributed by atoms with Gasteiger partial charge in [0.2, 0.25) is 5.91 Å². The van der Waals surface area contributed by atoms with E-state index in [9.17, 15) is 4.79 Å². The van der Waals surface area contributed by atoms with Crippen LogP contribution < -0.4 is 56.7 Å². The molecular weight excluding hydrogens is 197 g/mol. The third-order valence-electron chi connectivity index (χ3n) is 1.27. The number of carbonyl (C=O) groups excluding carboxylic acids is 1. The summed E-state index contributed by atoms with van der Waals surface area (Å²) < 4.78 is 0. The van der Waals surface area contributed by atoms with Crippen molar-refractivity contribution in [3.05, 3.63) is 35.9 Å². The first kappa shape index (κ1) is 12.7. The van der Waals surface area contributed by atoms with Crippen molar-refractivity contribution >= 4 is 18.5 Å². The van der Waals surface area contributed by atoms with E-state index >= 15 is 0 Å². The maximum atomic E-state index is 11.1. The molecule has 0 aliphatic heterocycles. The second kappa shape index (κ2) is 7.12. The van der Waals surface area contributed by atoms with Crippen LogP contribution in [-0.4, -0.2) is 11.8 Å². The summed E-state index contributed by atoms with van der Waals surface area (Å²) in [6.45, 7) is 0. The fourth-order valence-corrected chi connectivity index (χ4v) is 0.888. The van der Waals surface area contributed by atoms with Crippen LogP contribution in [0.1, 0.15) is 10.4 Å². The van der Waals surface area contributed by atoms with E-state index in [4.69, 9.17) is 0 Å². The fourth-order valence-electron chi connectivity index (χ4n) is 0.757. The Balaban J connectivity index is 0.00000121. The maximum Gasteiger partial charge on any atom is 1.00 e. The number of carbonyl (C=O) groups is 1. The van der Waals surface area contributed by atoms with E-state index in [0.717, 1.165) is 0 Å². The number of benzene rings is 1. The molecule has 0 radical (unpaired) electrons. The topological polar surface area (TPSA) is 29.1 Å². The average Bonchev–Trinajstić information content (AvgIpc) is 2.07. The normalized spacial score (nSPS) is 8.42. The Hall–Kier alpha value is 0.676. The summed E-state index contributed by atoms with van der Waals surface area (Å²) in [7, 11) is 0. The summed E-state index contributed by atoms with van der Waals surface area (Å²) in [5.41, 5.74) is 0.650. The van der Waals surface area contributed by atoms with Crippen LogP contribution in [0.3, 0.4) is 0 Å². The number of hydrogen-bond acceptors (Lipinski definition) is 2. The number of rotatable bonds is 2. The Bertz CT molecular complexity index is 240. The van der Waals surface area contributed by atoms with Gasteiger partial charge >= 0.3 is 51.4 Å². The molecule has 0 unspecified atom stereocenters. The standard InChI is InChI=1S/C8H9NOS.K/c10-8(9-6-11)7-4-2-1-3-5-7;/h1-5,11H,6H2,(H,9,10);/q;+1/p-1. The average molecular weight is 205 g/mol. The van der Waals surface area contributed by atoms with Gasteiger partial charge in [-0.2, -0.15) is 0 Å². The Morgan fingerprint density at radius 3 is 2.42 bits per heavy atom. The van der Waals surface area contributed by atoms with E-state index in [-0.39, 0.29) is 63.2 Å². The van der Waals surface area contributed by atoms with Gasteiger partial charge in [0.1, 0.15) is 0 Å². The van der Waals surface area contributed by atoms with E-state index in [1.807, 2.05) is 18.2 Å². The SMILES string of the molecule is O=C(NC[S-])c1ccccc1.[K+]. The second-order valence-electron chi connectivity index (χ2n) is 2.02. The van der Waals surface area contributed by atoms with Crippen LogP contribution in [-0.2, 0) is 12.6 Å². The van der Waals surface area contributed by atoms with Crippen LogP contribution in [0.2, 0.25) is 0 Å². The third-order valence-corrected chi connectivity index (χ3v) is 1.41. The van der Waals surface area contributed by atoms with Gasteiger partial charge in [-0.15, -0.1) is 5.88 Å². The fraction of sp³-hybridized carbons (Fsp3) is 0.125. The molecule has 1 rings (SSSR count). The molecule has 0 aliphatic carbocycles. The summed E-state index contributed by atoms with van der Waals surface area (Å²) in [4.78, 5) is 11.1. The second-order valence-corrected chi connectivity index (χ2v) is 2.30. The first-order valence-corrected chi connectivity index (χ1v) is 3.83. The van der Waals surface area contributed by atoms with Gasteiger partial charge in [-0.3, -0.25) is 4.79 Å². The quantitative estimate of drug-likeness (QED) is 0.444. The van der Waals surface area contributed by atoms with Gasteiger partial charge < -0.3 is 17.9 Å². The Morgan fingerprint density at radius 2 is 1.92 bits per heavy atom. The van der Waals surface area contributed by atoms with Gasteiger partial charge in [0.25, 0.3) is 0 Å². The zero-order chi connectivity index (χ0) is 8.10. The van der Waals surface area contributed by atoms with Crippen LogP contribution in [0.5, 0.6) is 0 Å². The Labute approximate surface area is 120 Å². The van der Waals surface area contributed by atoms with E-state index in [2.05, 4.69) is 17.9 Å². The molecule has 2 nitrogen and oxygen atoms in total. The Kier molecular flexibility index (Phi) is 7.52. The molecule has 1 N–H and O–H groups in total. The molecule has 0 saturated carbocycles. The monoisotopic (exact) mass is 205 g/mol. The molecule has 1 aromatic rings. The summed E-state index contributed by atoms with van der Waals surface area (Å²) >= 11 is 4.60. The molecule has 0 fully saturated rings. The van der Waals surface area contributed by atoms with Crippen molar-refractivity contribution < 1.29 is 56.2 Å². The van der Waals surface area contributed by atoms with Gasteiger partial charge in [-0.1, -0.05) is 18.2 Å². The van der Waals surface area contributed by atoms with Crippen LogP contribution in [0, 0.1) is 0 Å². The van der Waals surface area contributed by atoms with E-state index in [1.54, 1.807) is 12.1 Å². The minimum Gasteiger partial charge on any atom is -0.772 e. The van der Waals surface area contributed by atoms with Gasteiger partial charge in [0.05, 0.1) is 0 Å². The van der Waals surface area contributed by atoms with Crippen molar-refractivity contribution in [1.29, 1.82) is 0 Å². The van der Waals surface area contributed by atoms with Crippen molar-refractivity contribution in [2.24, 2.45) is 0 Å². The molecule has 12 heavy (non-hydrogen) atoms. The molecule has 0 aliphatic rings. The zero-order valence-electron chi connectivity index (χ0n) is 6.91. The van der Waals surface area contributed by atoms with Gasteiger partial charge in [0.15, 0.2) is 0 Å². The minimum absolute atomic E-state index is 0. The van der Waals surface area contributed by atoms with Gasteiger partial charge in [-0.05, 0) is 12.1 Å². The molecule has 0 atom stereocenters. The van der Waals surface area contributed by atoms with E-state index in [0.29, 0.717) is 5.56 Å². The zero-order valence-corrected chi connectivity index (χ0v) is 10.8. The third kappa shape index (κ3) is 4.07. The predicted octanol–water partition coefficient (Wildman–Crippen LogP) is -2.08. The van der Waals surface area contributed by atoms with Crippen molar-refractivity contribution in [3.63, 3.8) is 0 Å². The molecule has 1 amide bonds. The predicted molar refractivity (Wildman–Crippen MR) is 46.1 cm³/mol. The summed E-state index contributed by atoms with van der Waals surface area (Å²) in [6.07, 6.45) is 0. The summed E-state index contributed by atoms with van der Waals surface area (Å²) in [6, 6.07) is 9.00. The van der Waals surface area contributed by atoms with Crippen LogP contribution >= 0.6 is 0 Å². The first-order chi connectivity index (χ1) is 5.34. The maximum absolute atomic E-state index is 11.1. The van der Waals surface area contributed by atoms with Gasteiger partial charge in [-0.25, -0.2) is 0 Å². The Morgan fingerprint density at radius 1 is 1.33 bits per heavy atom. The molecule has 58 valence electrons. The van der Waals surface area contributed by atoms with Crippen molar-refractivity contribution in [1.82, 2.24) is 5.32 Å². The number of nitrogens with one attached hydrogen (secondary N) is 1. The smallest absolute Gasteiger partial charge is 0.772 e. The summed E-state index contributed by atoms with van der Waals surface area (Å²) in [5.74, 6) is 0.147. The molecule has 0 bridgehead atoms. The molecule has 0 saturated heterocycles. The van der Waals surface area contributed by atoms with E-state index in [1.165, 1.54) is 0 Å². The first-order valence-electron chi connectivity index (χ1n) is 3.26. The van der Waals surface area contributed by atoms with Crippen molar-refractivity contribution in [3.8, 4) is 0 Å².